The first kappa shape index (κ1) is 16.4. The van der Waals surface area contributed by atoms with E-state index < -0.39 is 0 Å². The molecule has 1 aromatic heterocycles. The highest BCUT2D eigenvalue weighted by Crippen LogP contribution is 2.18. The van der Waals surface area contributed by atoms with Crippen LogP contribution in [0.2, 0.25) is 0 Å². The minimum atomic E-state index is 0.0611. The lowest BCUT2D eigenvalue weighted by molar-refractivity contribution is 0.101. The molecular weight excluding hydrogens is 302 g/mol. The zero-order valence-electron chi connectivity index (χ0n) is 14.2. The maximum Gasteiger partial charge on any atom is 0.229 e. The van der Waals surface area contributed by atoms with Gasteiger partial charge in [0.25, 0.3) is 0 Å². The van der Waals surface area contributed by atoms with Gasteiger partial charge in [0.05, 0.1) is 0 Å². The molecule has 1 fully saturated rings. The van der Waals surface area contributed by atoms with Gasteiger partial charge in [-0.15, -0.1) is 0 Å². The fraction of sp³-hybridized carbons (Fsp3) is 0.389. The summed E-state index contributed by atoms with van der Waals surface area (Å²) in [6, 6.07) is 9.29. The molecule has 6 heteroatoms. The molecular formula is C18H23N5O. The summed E-state index contributed by atoms with van der Waals surface area (Å²) in [6.45, 7) is 8.95. The standard InChI is InChI=1S/C18H23N5O/c1-3-22-10-12-23(13-11-22)17-8-9-19-18(21-17)20-16-6-4-15(5-7-16)14(2)24/h4-9H,3,10-13H2,1-2H3,(H,19,20,21). The smallest absolute Gasteiger partial charge is 0.229 e. The molecule has 1 N–H and O–H groups in total. The molecule has 0 radical (unpaired) electrons. The van der Waals surface area contributed by atoms with Gasteiger partial charge in [0.1, 0.15) is 5.82 Å². The zero-order valence-corrected chi connectivity index (χ0v) is 14.2. The summed E-state index contributed by atoms with van der Waals surface area (Å²) < 4.78 is 0. The number of carbonyl (C=O) groups excluding carboxylic acids is 1. The van der Waals surface area contributed by atoms with Crippen LogP contribution in [0.5, 0.6) is 0 Å². The van der Waals surface area contributed by atoms with Crippen molar-refractivity contribution in [3.63, 3.8) is 0 Å². The van der Waals surface area contributed by atoms with Crippen LogP contribution >= 0.6 is 0 Å². The van der Waals surface area contributed by atoms with Crippen LogP contribution in [-0.4, -0.2) is 53.4 Å². The number of carbonyl (C=O) groups is 1. The number of anilines is 3. The van der Waals surface area contributed by atoms with Crippen molar-refractivity contribution in [3.05, 3.63) is 42.1 Å². The third-order valence-corrected chi connectivity index (χ3v) is 4.33. The third kappa shape index (κ3) is 3.89. The van der Waals surface area contributed by atoms with Crippen molar-refractivity contribution in [2.45, 2.75) is 13.8 Å². The van der Waals surface area contributed by atoms with Crippen LogP contribution in [0.15, 0.2) is 36.5 Å². The van der Waals surface area contributed by atoms with E-state index in [1.54, 1.807) is 25.3 Å². The maximum atomic E-state index is 11.3. The Bertz CT molecular complexity index is 693. The fourth-order valence-electron chi connectivity index (χ4n) is 2.80. The van der Waals surface area contributed by atoms with Gasteiger partial charge in [0, 0.05) is 43.6 Å². The van der Waals surface area contributed by atoms with Gasteiger partial charge in [-0.25, -0.2) is 4.98 Å². The summed E-state index contributed by atoms with van der Waals surface area (Å²) in [6.07, 6.45) is 1.78. The van der Waals surface area contributed by atoms with E-state index in [2.05, 4.69) is 32.0 Å². The quantitative estimate of drug-likeness (QED) is 0.853. The average molecular weight is 325 g/mol. The Balaban J connectivity index is 1.68. The molecule has 1 aliphatic heterocycles. The Morgan fingerprint density at radius 1 is 1.12 bits per heavy atom. The van der Waals surface area contributed by atoms with Crippen molar-refractivity contribution in [2.75, 3.05) is 42.9 Å². The van der Waals surface area contributed by atoms with Crippen LogP contribution in [0.4, 0.5) is 17.5 Å². The number of Topliss-reactive ketones (excluding diaryl/α,β-unsaturated/α-hetero) is 1. The summed E-state index contributed by atoms with van der Waals surface area (Å²) in [5.41, 5.74) is 1.57. The predicted molar refractivity (Wildman–Crippen MR) is 96.1 cm³/mol. The van der Waals surface area contributed by atoms with Crippen LogP contribution < -0.4 is 10.2 Å². The number of aromatic nitrogens is 2. The Hall–Kier alpha value is -2.47. The molecule has 1 saturated heterocycles. The van der Waals surface area contributed by atoms with E-state index in [9.17, 15) is 4.79 Å². The highest BCUT2D eigenvalue weighted by molar-refractivity contribution is 5.94. The Morgan fingerprint density at radius 3 is 2.46 bits per heavy atom. The van der Waals surface area contributed by atoms with Crippen molar-refractivity contribution in [1.82, 2.24) is 14.9 Å². The molecule has 2 aromatic rings. The number of hydrogen-bond acceptors (Lipinski definition) is 6. The lowest BCUT2D eigenvalue weighted by Crippen LogP contribution is -2.46. The van der Waals surface area contributed by atoms with E-state index in [4.69, 9.17) is 0 Å². The third-order valence-electron chi connectivity index (χ3n) is 4.33. The highest BCUT2D eigenvalue weighted by atomic mass is 16.1. The molecule has 1 aromatic carbocycles. The first-order chi connectivity index (χ1) is 11.7. The topological polar surface area (TPSA) is 61.4 Å². The maximum absolute atomic E-state index is 11.3. The number of nitrogens with one attached hydrogen (secondary N) is 1. The molecule has 0 saturated carbocycles. The second-order valence-corrected chi connectivity index (χ2v) is 5.92. The molecule has 3 rings (SSSR count). The second kappa shape index (κ2) is 7.40. The van der Waals surface area contributed by atoms with Crippen molar-refractivity contribution in [1.29, 1.82) is 0 Å². The molecule has 0 atom stereocenters. The average Bonchev–Trinajstić information content (AvgIpc) is 2.62. The number of nitrogens with zero attached hydrogens (tertiary/aromatic N) is 4. The van der Waals surface area contributed by atoms with E-state index in [1.165, 1.54) is 0 Å². The highest BCUT2D eigenvalue weighted by Gasteiger charge is 2.17. The number of benzene rings is 1. The molecule has 1 aliphatic rings. The number of ketones is 1. The molecule has 0 aliphatic carbocycles. The molecule has 126 valence electrons. The van der Waals surface area contributed by atoms with Gasteiger partial charge < -0.3 is 15.1 Å². The van der Waals surface area contributed by atoms with E-state index >= 15 is 0 Å². The van der Waals surface area contributed by atoms with Crippen molar-refractivity contribution >= 4 is 23.2 Å². The Labute approximate surface area is 142 Å². The van der Waals surface area contributed by atoms with Gasteiger partial charge in [-0.1, -0.05) is 6.92 Å². The second-order valence-electron chi connectivity index (χ2n) is 5.92. The van der Waals surface area contributed by atoms with Crippen molar-refractivity contribution < 1.29 is 4.79 Å². The van der Waals surface area contributed by atoms with E-state index in [-0.39, 0.29) is 5.78 Å². The van der Waals surface area contributed by atoms with Gasteiger partial charge in [-0.2, -0.15) is 4.98 Å². The minimum absolute atomic E-state index is 0.0611. The summed E-state index contributed by atoms with van der Waals surface area (Å²) in [4.78, 5) is 25.0. The van der Waals surface area contributed by atoms with Crippen LogP contribution in [0.25, 0.3) is 0 Å². The Kier molecular flexibility index (Phi) is 5.05. The molecule has 0 spiro atoms. The largest absolute Gasteiger partial charge is 0.354 e. The molecule has 0 amide bonds. The summed E-state index contributed by atoms with van der Waals surface area (Å²) >= 11 is 0. The van der Waals surface area contributed by atoms with E-state index in [0.717, 1.165) is 44.2 Å². The Morgan fingerprint density at radius 2 is 1.83 bits per heavy atom. The number of piperazine rings is 1. The van der Waals surface area contributed by atoms with Crippen LogP contribution in [-0.2, 0) is 0 Å². The fourth-order valence-corrected chi connectivity index (χ4v) is 2.80. The first-order valence-corrected chi connectivity index (χ1v) is 8.34. The van der Waals surface area contributed by atoms with Gasteiger partial charge in [0.2, 0.25) is 5.95 Å². The van der Waals surface area contributed by atoms with Crippen LogP contribution in [0, 0.1) is 0 Å². The SMILES string of the molecule is CCN1CCN(c2ccnc(Nc3ccc(C(C)=O)cc3)n2)CC1. The molecule has 6 nitrogen and oxygen atoms in total. The van der Waals surface area contributed by atoms with Crippen molar-refractivity contribution in [3.8, 4) is 0 Å². The molecule has 0 unspecified atom stereocenters. The monoisotopic (exact) mass is 325 g/mol. The van der Waals surface area contributed by atoms with Crippen molar-refractivity contribution in [2.24, 2.45) is 0 Å². The normalized spacial score (nSPS) is 15.3. The minimum Gasteiger partial charge on any atom is -0.354 e. The zero-order chi connectivity index (χ0) is 16.9. The molecule has 24 heavy (non-hydrogen) atoms. The van der Waals surface area contributed by atoms with Gasteiger partial charge in [-0.05, 0) is 43.8 Å². The molecule has 0 bridgehead atoms. The van der Waals surface area contributed by atoms with E-state index in [1.807, 2.05) is 18.2 Å². The van der Waals surface area contributed by atoms with Gasteiger partial charge >= 0.3 is 0 Å². The summed E-state index contributed by atoms with van der Waals surface area (Å²) in [7, 11) is 0. The number of rotatable bonds is 5. The number of likely N-dealkylation sites (N-methyl/N-ethyl adjacent to an activating group) is 1. The first-order valence-electron chi connectivity index (χ1n) is 8.34. The van der Waals surface area contributed by atoms with Crippen LogP contribution in [0.1, 0.15) is 24.2 Å². The molecule has 2 heterocycles. The van der Waals surface area contributed by atoms with Gasteiger partial charge in [-0.3, -0.25) is 4.79 Å². The number of hydrogen-bond donors (Lipinski definition) is 1. The summed E-state index contributed by atoms with van der Waals surface area (Å²) in [5, 5.41) is 3.20. The summed E-state index contributed by atoms with van der Waals surface area (Å²) in [5.74, 6) is 1.58. The lowest BCUT2D eigenvalue weighted by atomic mass is 10.1. The van der Waals surface area contributed by atoms with E-state index in [0.29, 0.717) is 11.5 Å². The predicted octanol–water partition coefficient (Wildman–Crippen LogP) is 2.56. The lowest BCUT2D eigenvalue weighted by Gasteiger charge is -2.34. The van der Waals surface area contributed by atoms with Gasteiger partial charge in [0.15, 0.2) is 5.78 Å². The van der Waals surface area contributed by atoms with Crippen LogP contribution in [0.3, 0.4) is 0 Å².